The highest BCUT2D eigenvalue weighted by Crippen LogP contribution is 2.26. The van der Waals surface area contributed by atoms with Crippen molar-refractivity contribution >= 4 is 17.8 Å². The normalized spacial score (nSPS) is 20.0. The SMILES string of the molecule is O=C(c1cc([N+](=O)[O-])[nH]n1)N1CCC(N2C(=O)OCC2Cc2ccccc2)CC1. The lowest BCUT2D eigenvalue weighted by Crippen LogP contribution is -2.50. The van der Waals surface area contributed by atoms with E-state index in [1.807, 2.05) is 35.2 Å². The van der Waals surface area contributed by atoms with Gasteiger partial charge >= 0.3 is 11.9 Å². The molecule has 1 aromatic carbocycles. The second-order valence-corrected chi connectivity index (χ2v) is 7.25. The number of likely N-dealkylation sites (tertiary alicyclic amines) is 1. The molecule has 0 radical (unpaired) electrons. The van der Waals surface area contributed by atoms with E-state index in [0.29, 0.717) is 32.5 Å². The van der Waals surface area contributed by atoms with Gasteiger partial charge in [0.05, 0.1) is 12.1 Å². The molecule has 0 bridgehead atoms. The zero-order valence-corrected chi connectivity index (χ0v) is 15.7. The Balaban J connectivity index is 1.38. The number of aromatic amines is 1. The maximum atomic E-state index is 12.5. The summed E-state index contributed by atoms with van der Waals surface area (Å²) in [5.74, 6) is -0.663. The zero-order chi connectivity index (χ0) is 20.4. The third kappa shape index (κ3) is 3.91. The number of hydrogen-bond acceptors (Lipinski definition) is 6. The summed E-state index contributed by atoms with van der Waals surface area (Å²) in [6.45, 7) is 1.27. The molecule has 4 rings (SSSR count). The number of amides is 2. The average molecular weight is 399 g/mol. The van der Waals surface area contributed by atoms with E-state index in [2.05, 4.69) is 10.2 Å². The third-order valence-electron chi connectivity index (χ3n) is 5.44. The highest BCUT2D eigenvalue weighted by molar-refractivity contribution is 5.92. The molecule has 1 atom stereocenters. The lowest BCUT2D eigenvalue weighted by Gasteiger charge is -2.37. The van der Waals surface area contributed by atoms with Gasteiger partial charge in [0.25, 0.3) is 5.91 Å². The molecule has 2 aliphatic rings. The first-order chi connectivity index (χ1) is 14.0. The van der Waals surface area contributed by atoms with Crippen LogP contribution in [-0.4, -0.2) is 68.7 Å². The fraction of sp³-hybridized carbons (Fsp3) is 0.421. The van der Waals surface area contributed by atoms with Gasteiger partial charge in [0.15, 0.2) is 5.69 Å². The Bertz CT molecular complexity index is 907. The molecule has 2 aliphatic heterocycles. The van der Waals surface area contributed by atoms with Gasteiger partial charge in [-0.1, -0.05) is 35.4 Å². The highest BCUT2D eigenvalue weighted by Gasteiger charge is 2.40. The predicted octanol–water partition coefficient (Wildman–Crippen LogP) is 1.99. The molecule has 2 aromatic rings. The fourth-order valence-electron chi connectivity index (χ4n) is 3.99. The number of ether oxygens (including phenoxy) is 1. The lowest BCUT2D eigenvalue weighted by molar-refractivity contribution is -0.389. The first kappa shape index (κ1) is 18.9. The molecular weight excluding hydrogens is 378 g/mol. The number of cyclic esters (lactones) is 1. The third-order valence-corrected chi connectivity index (χ3v) is 5.44. The summed E-state index contributed by atoms with van der Waals surface area (Å²) >= 11 is 0. The van der Waals surface area contributed by atoms with E-state index in [-0.39, 0.29) is 35.6 Å². The van der Waals surface area contributed by atoms with Crippen molar-refractivity contribution in [1.29, 1.82) is 0 Å². The number of rotatable bonds is 5. The largest absolute Gasteiger partial charge is 0.447 e. The van der Waals surface area contributed by atoms with Gasteiger partial charge in [-0.05, 0) is 29.7 Å². The van der Waals surface area contributed by atoms with Crippen LogP contribution in [0.1, 0.15) is 28.9 Å². The second-order valence-electron chi connectivity index (χ2n) is 7.25. The van der Waals surface area contributed by atoms with E-state index in [4.69, 9.17) is 4.74 Å². The van der Waals surface area contributed by atoms with Gasteiger partial charge < -0.3 is 19.8 Å². The van der Waals surface area contributed by atoms with Gasteiger partial charge in [-0.3, -0.25) is 9.69 Å². The fourth-order valence-corrected chi connectivity index (χ4v) is 3.99. The van der Waals surface area contributed by atoms with Crippen LogP contribution in [0.5, 0.6) is 0 Å². The van der Waals surface area contributed by atoms with E-state index >= 15 is 0 Å². The van der Waals surface area contributed by atoms with E-state index in [1.165, 1.54) is 0 Å². The molecule has 0 saturated carbocycles. The maximum Gasteiger partial charge on any atom is 0.410 e. The van der Waals surface area contributed by atoms with Gasteiger partial charge in [-0.25, -0.2) is 4.79 Å². The standard InChI is InChI=1S/C19H21N5O5/c25-18(16-11-17(21-20-16)24(27)28)22-8-6-14(7-9-22)23-15(12-29-19(23)26)10-13-4-2-1-3-5-13/h1-5,11,14-15H,6-10,12H2,(H,20,21). The summed E-state index contributed by atoms with van der Waals surface area (Å²) in [7, 11) is 0. The van der Waals surface area contributed by atoms with Gasteiger partial charge in [0.1, 0.15) is 6.61 Å². The van der Waals surface area contributed by atoms with Gasteiger partial charge in [-0.2, -0.15) is 0 Å². The molecule has 152 valence electrons. The molecule has 2 amide bonds. The predicted molar refractivity (Wildman–Crippen MR) is 101 cm³/mol. The van der Waals surface area contributed by atoms with Crippen molar-refractivity contribution in [2.45, 2.75) is 31.3 Å². The Morgan fingerprint density at radius 3 is 2.66 bits per heavy atom. The van der Waals surface area contributed by atoms with Crippen LogP contribution in [0.3, 0.4) is 0 Å². The minimum absolute atomic E-state index is 0.00344. The Morgan fingerprint density at radius 1 is 1.28 bits per heavy atom. The van der Waals surface area contributed by atoms with Crippen LogP contribution in [0.4, 0.5) is 10.6 Å². The van der Waals surface area contributed by atoms with E-state index in [1.54, 1.807) is 4.90 Å². The molecule has 2 saturated heterocycles. The molecule has 29 heavy (non-hydrogen) atoms. The van der Waals surface area contributed by atoms with E-state index in [9.17, 15) is 19.7 Å². The number of piperidine rings is 1. The topological polar surface area (TPSA) is 122 Å². The lowest BCUT2D eigenvalue weighted by atomic mass is 9.99. The number of nitro groups is 1. The van der Waals surface area contributed by atoms with Crippen LogP contribution in [0.15, 0.2) is 36.4 Å². The molecule has 3 heterocycles. The summed E-state index contributed by atoms with van der Waals surface area (Å²) < 4.78 is 5.30. The number of nitrogens with zero attached hydrogens (tertiary/aromatic N) is 4. The number of benzene rings is 1. The van der Waals surface area contributed by atoms with Crippen LogP contribution in [0.25, 0.3) is 0 Å². The molecule has 0 aliphatic carbocycles. The Morgan fingerprint density at radius 2 is 2.00 bits per heavy atom. The summed E-state index contributed by atoms with van der Waals surface area (Å²) in [4.78, 5) is 38.4. The summed E-state index contributed by atoms with van der Waals surface area (Å²) in [6, 6.07) is 11.1. The molecule has 1 unspecified atom stereocenters. The quantitative estimate of drug-likeness (QED) is 0.606. The van der Waals surface area contributed by atoms with Gasteiger partial charge in [-0.15, -0.1) is 5.10 Å². The summed E-state index contributed by atoms with van der Waals surface area (Å²) in [5.41, 5.74) is 1.17. The van der Waals surface area contributed by atoms with E-state index < -0.39 is 4.92 Å². The first-order valence-corrected chi connectivity index (χ1v) is 9.51. The van der Waals surface area contributed by atoms with Crippen LogP contribution >= 0.6 is 0 Å². The first-order valence-electron chi connectivity index (χ1n) is 9.51. The average Bonchev–Trinajstić information content (AvgIpc) is 3.36. The minimum Gasteiger partial charge on any atom is -0.447 e. The monoisotopic (exact) mass is 399 g/mol. The molecule has 0 spiro atoms. The van der Waals surface area contributed by atoms with Crippen molar-refractivity contribution in [2.24, 2.45) is 0 Å². The summed E-state index contributed by atoms with van der Waals surface area (Å²) in [5, 5.41) is 16.7. The maximum absolute atomic E-state index is 12.5. The Labute approximate surface area is 166 Å². The molecule has 1 aromatic heterocycles. The molecular formula is C19H21N5O5. The van der Waals surface area contributed by atoms with Gasteiger partial charge in [0.2, 0.25) is 0 Å². The van der Waals surface area contributed by atoms with Crippen molar-refractivity contribution in [3.8, 4) is 0 Å². The van der Waals surface area contributed by atoms with Crippen molar-refractivity contribution in [1.82, 2.24) is 20.0 Å². The molecule has 10 heteroatoms. The second kappa shape index (κ2) is 7.90. The van der Waals surface area contributed by atoms with Crippen molar-refractivity contribution in [2.75, 3.05) is 19.7 Å². The number of carbonyl (C=O) groups is 2. The van der Waals surface area contributed by atoms with Crippen molar-refractivity contribution in [3.05, 3.63) is 57.8 Å². The van der Waals surface area contributed by atoms with Gasteiger partial charge in [0, 0.05) is 19.1 Å². The number of hydrogen-bond donors (Lipinski definition) is 1. The number of aromatic nitrogens is 2. The van der Waals surface area contributed by atoms with Crippen molar-refractivity contribution in [3.63, 3.8) is 0 Å². The van der Waals surface area contributed by atoms with Crippen LogP contribution in [0, 0.1) is 10.1 Å². The number of nitrogens with one attached hydrogen (secondary N) is 1. The number of H-pyrrole nitrogens is 1. The van der Waals surface area contributed by atoms with Crippen LogP contribution in [-0.2, 0) is 11.2 Å². The molecule has 2 fully saturated rings. The van der Waals surface area contributed by atoms with Crippen LogP contribution < -0.4 is 0 Å². The number of carbonyl (C=O) groups excluding carboxylic acids is 2. The minimum atomic E-state index is -0.623. The molecule has 10 nitrogen and oxygen atoms in total. The Hall–Kier alpha value is -3.43. The van der Waals surface area contributed by atoms with E-state index in [0.717, 1.165) is 18.1 Å². The highest BCUT2D eigenvalue weighted by atomic mass is 16.6. The Kier molecular flexibility index (Phi) is 5.15. The van der Waals surface area contributed by atoms with Crippen molar-refractivity contribution < 1.29 is 19.2 Å². The smallest absolute Gasteiger partial charge is 0.410 e. The van der Waals surface area contributed by atoms with Crippen LogP contribution in [0.2, 0.25) is 0 Å². The zero-order valence-electron chi connectivity index (χ0n) is 15.7. The molecule has 1 N–H and O–H groups in total. The summed E-state index contributed by atoms with van der Waals surface area (Å²) in [6.07, 6.45) is 1.67.